The first kappa shape index (κ1) is 21.9. The van der Waals surface area contributed by atoms with Gasteiger partial charge in [-0.15, -0.1) is 0 Å². The molecule has 1 aliphatic rings. The standard InChI is InChI=1S/C27H29NO4/c1-31-24-15-7-5-13-22(24)26(28-17-9-12-21(18-28)27(29)30)23-14-6-8-16-25(23)32-19-20-10-3-2-4-11-20/h2-8,10-11,13-16,21,26H,9,12,17-19H2,1H3,(H,29,30). The number of carboxylic acids is 1. The number of aliphatic carboxylic acids is 1. The van der Waals surface area contributed by atoms with E-state index in [2.05, 4.69) is 17.0 Å². The highest BCUT2D eigenvalue weighted by molar-refractivity contribution is 5.70. The normalized spacial score (nSPS) is 17.5. The van der Waals surface area contributed by atoms with Crippen LogP contribution in [0.3, 0.4) is 0 Å². The van der Waals surface area contributed by atoms with Crippen molar-refractivity contribution in [2.24, 2.45) is 5.92 Å². The minimum absolute atomic E-state index is 0.166. The summed E-state index contributed by atoms with van der Waals surface area (Å²) in [5, 5.41) is 9.67. The third kappa shape index (κ3) is 4.94. The molecule has 1 fully saturated rings. The lowest BCUT2D eigenvalue weighted by atomic mass is 9.90. The highest BCUT2D eigenvalue weighted by Gasteiger charge is 2.33. The van der Waals surface area contributed by atoms with E-state index in [9.17, 15) is 9.90 Å². The van der Waals surface area contributed by atoms with Crippen LogP contribution in [0.4, 0.5) is 0 Å². The van der Waals surface area contributed by atoms with Crippen molar-refractivity contribution < 1.29 is 19.4 Å². The van der Waals surface area contributed by atoms with Crippen molar-refractivity contribution in [3.05, 3.63) is 95.6 Å². The van der Waals surface area contributed by atoms with Crippen LogP contribution in [0.2, 0.25) is 0 Å². The summed E-state index contributed by atoms with van der Waals surface area (Å²) in [4.78, 5) is 14.0. The molecule has 4 rings (SSSR count). The zero-order valence-corrected chi connectivity index (χ0v) is 18.3. The Morgan fingerprint density at radius 3 is 2.28 bits per heavy atom. The summed E-state index contributed by atoms with van der Waals surface area (Å²) in [5.41, 5.74) is 3.12. The molecule has 5 nitrogen and oxygen atoms in total. The van der Waals surface area contributed by atoms with Crippen LogP contribution in [0.15, 0.2) is 78.9 Å². The first-order valence-corrected chi connectivity index (χ1v) is 11.0. The SMILES string of the molecule is COc1ccccc1C(c1ccccc1OCc1ccccc1)N1CCCC(C(=O)O)C1. The summed E-state index contributed by atoms with van der Waals surface area (Å²) in [5.74, 6) is 0.470. The molecule has 0 saturated carbocycles. The smallest absolute Gasteiger partial charge is 0.307 e. The number of benzene rings is 3. The van der Waals surface area contributed by atoms with Gasteiger partial charge in [0.25, 0.3) is 0 Å². The van der Waals surface area contributed by atoms with Gasteiger partial charge in [-0.2, -0.15) is 0 Å². The van der Waals surface area contributed by atoms with E-state index in [1.54, 1.807) is 7.11 Å². The van der Waals surface area contributed by atoms with E-state index in [1.165, 1.54) is 0 Å². The summed E-state index contributed by atoms with van der Waals surface area (Å²) in [6.07, 6.45) is 1.55. The summed E-state index contributed by atoms with van der Waals surface area (Å²) in [7, 11) is 1.67. The lowest BCUT2D eigenvalue weighted by Gasteiger charge is -2.38. The number of hydrogen-bond donors (Lipinski definition) is 1. The first-order valence-electron chi connectivity index (χ1n) is 11.0. The first-order chi connectivity index (χ1) is 15.7. The van der Waals surface area contributed by atoms with Crippen molar-refractivity contribution in [2.75, 3.05) is 20.2 Å². The molecule has 32 heavy (non-hydrogen) atoms. The number of methoxy groups -OCH3 is 1. The second-order valence-electron chi connectivity index (χ2n) is 8.13. The molecule has 0 spiro atoms. The lowest BCUT2D eigenvalue weighted by molar-refractivity contribution is -0.143. The number of nitrogens with zero attached hydrogens (tertiary/aromatic N) is 1. The molecule has 3 aromatic carbocycles. The Morgan fingerprint density at radius 1 is 0.969 bits per heavy atom. The van der Waals surface area contributed by atoms with Crippen LogP contribution in [-0.4, -0.2) is 36.2 Å². The van der Waals surface area contributed by atoms with Crippen molar-refractivity contribution in [1.82, 2.24) is 4.90 Å². The molecule has 0 aromatic heterocycles. The quantitative estimate of drug-likeness (QED) is 0.534. The van der Waals surface area contributed by atoms with Crippen LogP contribution in [0.25, 0.3) is 0 Å². The molecular weight excluding hydrogens is 402 g/mol. The van der Waals surface area contributed by atoms with Crippen molar-refractivity contribution >= 4 is 5.97 Å². The lowest BCUT2D eigenvalue weighted by Crippen LogP contribution is -2.41. The predicted octanol–water partition coefficient (Wildman–Crippen LogP) is 5.16. The van der Waals surface area contributed by atoms with Crippen molar-refractivity contribution in [3.63, 3.8) is 0 Å². The Balaban J connectivity index is 1.73. The summed E-state index contributed by atoms with van der Waals surface area (Å²) >= 11 is 0. The highest BCUT2D eigenvalue weighted by atomic mass is 16.5. The zero-order chi connectivity index (χ0) is 22.3. The van der Waals surface area contributed by atoms with Crippen molar-refractivity contribution in [1.29, 1.82) is 0 Å². The molecule has 1 heterocycles. The van der Waals surface area contributed by atoms with Crippen LogP contribution in [0, 0.1) is 5.92 Å². The fourth-order valence-corrected chi connectivity index (χ4v) is 4.47. The number of rotatable bonds is 8. The second kappa shape index (κ2) is 10.3. The third-order valence-electron chi connectivity index (χ3n) is 6.05. The summed E-state index contributed by atoms with van der Waals surface area (Å²) in [6, 6.07) is 25.9. The zero-order valence-electron chi connectivity index (χ0n) is 18.3. The fraction of sp³-hybridized carbons (Fsp3) is 0.296. The second-order valence-corrected chi connectivity index (χ2v) is 8.13. The van der Waals surface area contributed by atoms with Gasteiger partial charge in [0.2, 0.25) is 0 Å². The Labute approximate surface area is 189 Å². The van der Waals surface area contributed by atoms with Gasteiger partial charge in [-0.1, -0.05) is 66.7 Å². The molecule has 166 valence electrons. The molecule has 5 heteroatoms. The van der Waals surface area contributed by atoms with Crippen LogP contribution in [0.1, 0.15) is 35.6 Å². The number of carboxylic acid groups (broad SMARTS) is 1. The Morgan fingerprint density at radius 2 is 1.59 bits per heavy atom. The Kier molecular flexibility index (Phi) is 7.07. The molecular formula is C27H29NO4. The number of likely N-dealkylation sites (tertiary alicyclic amines) is 1. The van der Waals surface area contributed by atoms with Gasteiger partial charge < -0.3 is 14.6 Å². The molecule has 1 saturated heterocycles. The molecule has 2 atom stereocenters. The van der Waals surface area contributed by atoms with E-state index in [4.69, 9.17) is 9.47 Å². The number of para-hydroxylation sites is 2. The van der Waals surface area contributed by atoms with Gasteiger partial charge in [-0.05, 0) is 37.1 Å². The van der Waals surface area contributed by atoms with E-state index in [1.807, 2.05) is 66.7 Å². The number of ether oxygens (including phenoxy) is 2. The summed E-state index contributed by atoms with van der Waals surface area (Å²) < 4.78 is 12.0. The predicted molar refractivity (Wildman–Crippen MR) is 124 cm³/mol. The van der Waals surface area contributed by atoms with Crippen molar-refractivity contribution in [2.45, 2.75) is 25.5 Å². The number of piperidine rings is 1. The molecule has 0 radical (unpaired) electrons. The highest BCUT2D eigenvalue weighted by Crippen LogP contribution is 2.40. The molecule has 1 aliphatic heterocycles. The van der Waals surface area contributed by atoms with Gasteiger partial charge in [0.15, 0.2) is 0 Å². The molecule has 0 aliphatic carbocycles. The molecule has 0 bridgehead atoms. The monoisotopic (exact) mass is 431 g/mol. The fourth-order valence-electron chi connectivity index (χ4n) is 4.47. The Hall–Kier alpha value is -3.31. The van der Waals surface area contributed by atoms with Gasteiger partial charge in [0, 0.05) is 17.7 Å². The molecule has 1 N–H and O–H groups in total. The maximum atomic E-state index is 11.8. The van der Waals surface area contributed by atoms with Crippen LogP contribution in [0.5, 0.6) is 11.5 Å². The van der Waals surface area contributed by atoms with E-state index < -0.39 is 5.97 Å². The summed E-state index contributed by atoms with van der Waals surface area (Å²) in [6.45, 7) is 1.78. The molecule has 2 unspecified atom stereocenters. The van der Waals surface area contributed by atoms with Gasteiger partial charge in [-0.25, -0.2) is 0 Å². The van der Waals surface area contributed by atoms with Crippen LogP contribution in [-0.2, 0) is 11.4 Å². The van der Waals surface area contributed by atoms with E-state index in [-0.39, 0.29) is 12.0 Å². The van der Waals surface area contributed by atoms with Gasteiger partial charge in [-0.3, -0.25) is 9.69 Å². The third-order valence-corrected chi connectivity index (χ3v) is 6.05. The number of carbonyl (C=O) groups is 1. The average Bonchev–Trinajstić information content (AvgIpc) is 2.85. The van der Waals surface area contributed by atoms with Crippen LogP contribution >= 0.6 is 0 Å². The average molecular weight is 432 g/mol. The molecule has 0 amide bonds. The topological polar surface area (TPSA) is 59.0 Å². The molecule has 3 aromatic rings. The van der Waals surface area contributed by atoms with Crippen LogP contribution < -0.4 is 9.47 Å². The van der Waals surface area contributed by atoms with Gasteiger partial charge in [0.1, 0.15) is 18.1 Å². The minimum atomic E-state index is -0.734. The number of hydrogen-bond acceptors (Lipinski definition) is 4. The maximum absolute atomic E-state index is 11.8. The van der Waals surface area contributed by atoms with E-state index >= 15 is 0 Å². The minimum Gasteiger partial charge on any atom is -0.496 e. The largest absolute Gasteiger partial charge is 0.496 e. The van der Waals surface area contributed by atoms with E-state index in [0.717, 1.165) is 41.2 Å². The van der Waals surface area contributed by atoms with Gasteiger partial charge in [0.05, 0.1) is 19.1 Å². The van der Waals surface area contributed by atoms with E-state index in [0.29, 0.717) is 19.6 Å². The van der Waals surface area contributed by atoms with Gasteiger partial charge >= 0.3 is 5.97 Å². The van der Waals surface area contributed by atoms with Crippen molar-refractivity contribution in [3.8, 4) is 11.5 Å². The maximum Gasteiger partial charge on any atom is 0.307 e. The Bertz CT molecular complexity index is 1040.